The van der Waals surface area contributed by atoms with Crippen LogP contribution in [0.25, 0.3) is 0 Å². The molecular weight excluding hydrogens is 474 g/mol. The number of carbonyl (C=O) groups excluding carboxylic acids is 1. The van der Waals surface area contributed by atoms with Gasteiger partial charge in [0.15, 0.2) is 0 Å². The molecule has 2 heterocycles. The molecule has 0 saturated carbocycles. The number of piperidine rings is 1. The van der Waals surface area contributed by atoms with Crippen molar-refractivity contribution in [1.29, 1.82) is 0 Å². The summed E-state index contributed by atoms with van der Waals surface area (Å²) in [5.74, 6) is 1.81. The molecule has 0 N–H and O–H groups in total. The fourth-order valence-electron chi connectivity index (χ4n) is 5.43. The predicted octanol–water partition coefficient (Wildman–Crippen LogP) is 7.72. The van der Waals surface area contributed by atoms with Crippen molar-refractivity contribution in [3.63, 3.8) is 0 Å². The van der Waals surface area contributed by atoms with Gasteiger partial charge in [-0.1, -0.05) is 54.9 Å². The van der Waals surface area contributed by atoms with E-state index in [-0.39, 0.29) is 24.1 Å². The minimum Gasteiger partial charge on any atom is -0.489 e. The van der Waals surface area contributed by atoms with E-state index >= 15 is 0 Å². The van der Waals surface area contributed by atoms with Crippen LogP contribution in [-0.2, 0) is 12.2 Å². The molecule has 0 radical (unpaired) electrons. The first-order chi connectivity index (χ1) is 17.0. The van der Waals surface area contributed by atoms with Crippen molar-refractivity contribution >= 4 is 29.3 Å². The van der Waals surface area contributed by atoms with Gasteiger partial charge in [-0.05, 0) is 73.2 Å². The van der Waals surface area contributed by atoms with E-state index in [1.807, 2.05) is 49.0 Å². The molecule has 0 aromatic heterocycles. The highest BCUT2D eigenvalue weighted by molar-refractivity contribution is 7.98. The molecule has 2 aliphatic heterocycles. The van der Waals surface area contributed by atoms with E-state index in [2.05, 4.69) is 48.2 Å². The molecule has 3 nitrogen and oxygen atoms in total. The molecule has 2 bridgehead atoms. The first-order valence-electron chi connectivity index (χ1n) is 12.6. The smallest absolute Gasteiger partial charge is 0.254 e. The number of amides is 1. The molecule has 3 aromatic rings. The van der Waals surface area contributed by atoms with Crippen molar-refractivity contribution in [2.45, 2.75) is 74.8 Å². The van der Waals surface area contributed by atoms with E-state index in [9.17, 15) is 4.79 Å². The van der Waals surface area contributed by atoms with Crippen LogP contribution < -0.4 is 4.74 Å². The molecule has 1 amide bonds. The highest BCUT2D eigenvalue weighted by Gasteiger charge is 2.44. The average Bonchev–Trinajstić information content (AvgIpc) is 3.15. The van der Waals surface area contributed by atoms with Crippen molar-refractivity contribution in [2.75, 3.05) is 0 Å². The number of benzene rings is 3. The van der Waals surface area contributed by atoms with Crippen LogP contribution in [0, 0.1) is 6.92 Å². The number of carbonyl (C=O) groups is 1. The van der Waals surface area contributed by atoms with Crippen molar-refractivity contribution in [1.82, 2.24) is 4.90 Å². The third-order valence-electron chi connectivity index (χ3n) is 7.25. The third kappa shape index (κ3) is 5.39. The summed E-state index contributed by atoms with van der Waals surface area (Å²) >= 11 is 8.22. The first-order valence-corrected chi connectivity index (χ1v) is 13.9. The monoisotopic (exact) mass is 505 g/mol. The van der Waals surface area contributed by atoms with Gasteiger partial charge in [-0.3, -0.25) is 4.79 Å². The van der Waals surface area contributed by atoms with E-state index in [4.69, 9.17) is 16.3 Å². The van der Waals surface area contributed by atoms with Crippen molar-refractivity contribution in [3.05, 3.63) is 94.0 Å². The summed E-state index contributed by atoms with van der Waals surface area (Å²) in [5, 5.41) is 0.651. The quantitative estimate of drug-likeness (QED) is 0.308. The Hall–Kier alpha value is -2.43. The summed E-state index contributed by atoms with van der Waals surface area (Å²) < 4.78 is 6.30. The Morgan fingerprint density at radius 2 is 1.74 bits per heavy atom. The van der Waals surface area contributed by atoms with Gasteiger partial charge in [0, 0.05) is 41.1 Å². The SMILES string of the molecule is CCc1ccccc1SCc1ccc(C(=O)N2C3CCC2CC(Oc2cc(C)ccc2Cl)C3)cc1. The summed E-state index contributed by atoms with van der Waals surface area (Å²) in [6.07, 6.45) is 4.95. The standard InChI is InChI=1S/C30H32ClNO2S/c1-3-22-6-4-5-7-29(22)35-19-21-9-11-23(12-10-21)30(33)32-24-13-14-25(32)18-26(17-24)34-28-16-20(2)8-15-27(28)31/h4-12,15-16,24-26H,3,13-14,17-19H2,1-2H3. The number of rotatable bonds is 7. The predicted molar refractivity (Wildman–Crippen MR) is 145 cm³/mol. The van der Waals surface area contributed by atoms with Crippen LogP contribution in [0.1, 0.15) is 59.7 Å². The number of hydrogen-bond donors (Lipinski definition) is 0. The maximum atomic E-state index is 13.5. The maximum absolute atomic E-state index is 13.5. The van der Waals surface area contributed by atoms with Crippen LogP contribution in [-0.4, -0.2) is 29.0 Å². The second-order valence-corrected chi connectivity index (χ2v) is 11.1. The molecule has 2 fully saturated rings. The maximum Gasteiger partial charge on any atom is 0.254 e. The van der Waals surface area contributed by atoms with Gasteiger partial charge in [-0.2, -0.15) is 0 Å². The summed E-state index contributed by atoms with van der Waals surface area (Å²) in [6, 6.07) is 23.1. The normalized spacial score (nSPS) is 21.2. The zero-order valence-electron chi connectivity index (χ0n) is 20.4. The Morgan fingerprint density at radius 3 is 2.46 bits per heavy atom. The molecule has 2 saturated heterocycles. The zero-order chi connectivity index (χ0) is 24.4. The highest BCUT2D eigenvalue weighted by atomic mass is 35.5. The number of hydrogen-bond acceptors (Lipinski definition) is 3. The molecule has 5 heteroatoms. The van der Waals surface area contributed by atoms with Gasteiger partial charge in [-0.25, -0.2) is 0 Å². The molecular formula is C30H32ClNO2S. The molecule has 2 unspecified atom stereocenters. The van der Waals surface area contributed by atoms with Gasteiger partial charge >= 0.3 is 0 Å². The van der Waals surface area contributed by atoms with Gasteiger partial charge in [-0.15, -0.1) is 11.8 Å². The Balaban J connectivity index is 1.21. The van der Waals surface area contributed by atoms with E-state index in [0.29, 0.717) is 5.02 Å². The summed E-state index contributed by atoms with van der Waals surface area (Å²) in [5.41, 5.74) is 4.54. The highest BCUT2D eigenvalue weighted by Crippen LogP contribution is 2.39. The largest absolute Gasteiger partial charge is 0.489 e. The number of ether oxygens (including phenoxy) is 1. The lowest BCUT2D eigenvalue weighted by atomic mass is 9.98. The number of thioether (sulfide) groups is 1. The molecule has 2 aliphatic rings. The van der Waals surface area contributed by atoms with Crippen molar-refractivity contribution in [3.8, 4) is 5.75 Å². The Morgan fingerprint density at radius 1 is 1.03 bits per heavy atom. The van der Waals surface area contributed by atoms with E-state index in [1.165, 1.54) is 16.0 Å². The number of aryl methyl sites for hydroxylation is 2. The lowest BCUT2D eigenvalue weighted by molar-refractivity contribution is 0.0359. The van der Waals surface area contributed by atoms with E-state index in [1.54, 1.807) is 0 Å². The molecule has 182 valence electrons. The Kier molecular flexibility index (Phi) is 7.40. The molecule has 35 heavy (non-hydrogen) atoms. The fourth-order valence-corrected chi connectivity index (χ4v) is 6.68. The van der Waals surface area contributed by atoms with Crippen LogP contribution in [0.4, 0.5) is 0 Å². The second-order valence-electron chi connectivity index (χ2n) is 9.69. The topological polar surface area (TPSA) is 29.5 Å². The van der Waals surface area contributed by atoms with E-state index < -0.39 is 0 Å². The molecule has 2 atom stereocenters. The number of nitrogens with zero attached hydrogens (tertiary/aromatic N) is 1. The molecule has 3 aromatic carbocycles. The lowest BCUT2D eigenvalue weighted by Crippen LogP contribution is -2.49. The second kappa shape index (κ2) is 10.7. The third-order valence-corrected chi connectivity index (χ3v) is 8.75. The summed E-state index contributed by atoms with van der Waals surface area (Å²) in [4.78, 5) is 16.9. The fraction of sp³-hybridized carbons (Fsp3) is 0.367. The number of halogens is 1. The average molecular weight is 506 g/mol. The zero-order valence-corrected chi connectivity index (χ0v) is 21.9. The minimum atomic E-state index is 0.0984. The van der Waals surface area contributed by atoms with Crippen LogP contribution >= 0.6 is 23.4 Å². The molecule has 0 aliphatic carbocycles. The Labute approximate surface area is 217 Å². The Bertz CT molecular complexity index is 1180. The van der Waals surface area contributed by atoms with Gasteiger partial charge in [0.1, 0.15) is 11.9 Å². The van der Waals surface area contributed by atoms with Gasteiger partial charge < -0.3 is 9.64 Å². The van der Waals surface area contributed by atoms with Crippen LogP contribution in [0.5, 0.6) is 5.75 Å². The number of fused-ring (bicyclic) bond motifs is 2. The van der Waals surface area contributed by atoms with Crippen LogP contribution in [0.2, 0.25) is 5.02 Å². The lowest BCUT2D eigenvalue weighted by Gasteiger charge is -2.39. The van der Waals surface area contributed by atoms with E-state index in [0.717, 1.165) is 54.7 Å². The minimum absolute atomic E-state index is 0.0984. The van der Waals surface area contributed by atoms with Gasteiger partial charge in [0.05, 0.1) is 5.02 Å². The molecule has 5 rings (SSSR count). The van der Waals surface area contributed by atoms with Crippen molar-refractivity contribution in [2.24, 2.45) is 0 Å². The summed E-state index contributed by atoms with van der Waals surface area (Å²) in [6.45, 7) is 4.24. The van der Waals surface area contributed by atoms with Gasteiger partial charge in [0.25, 0.3) is 5.91 Å². The van der Waals surface area contributed by atoms with Crippen molar-refractivity contribution < 1.29 is 9.53 Å². The summed E-state index contributed by atoms with van der Waals surface area (Å²) in [7, 11) is 0. The van der Waals surface area contributed by atoms with Crippen LogP contribution in [0.3, 0.4) is 0 Å². The first kappa shape index (κ1) is 24.3. The molecule has 0 spiro atoms. The van der Waals surface area contributed by atoms with Crippen LogP contribution in [0.15, 0.2) is 71.6 Å². The van der Waals surface area contributed by atoms with Gasteiger partial charge in [0.2, 0.25) is 0 Å².